The molecular weight excluding hydrogens is 494 g/mol. The van der Waals surface area contributed by atoms with Crippen LogP contribution in [-0.2, 0) is 6.42 Å². The van der Waals surface area contributed by atoms with Crippen molar-refractivity contribution in [1.82, 2.24) is 4.98 Å². The lowest BCUT2D eigenvalue weighted by atomic mass is 10.1. The maximum absolute atomic E-state index is 13.5. The number of methoxy groups -OCH3 is 2. The quantitative estimate of drug-likeness (QED) is 0.260. The van der Waals surface area contributed by atoms with Crippen LogP contribution < -0.4 is 20.3 Å². The normalized spacial score (nSPS) is 11.6. The average Bonchev–Trinajstić information content (AvgIpc) is 3.58. The molecule has 182 valence electrons. The molecule has 9 heteroatoms. The van der Waals surface area contributed by atoms with Crippen molar-refractivity contribution in [1.29, 1.82) is 0 Å². The molecule has 1 amide bonds. The van der Waals surface area contributed by atoms with Gasteiger partial charge in [0.1, 0.15) is 11.3 Å². The van der Waals surface area contributed by atoms with E-state index < -0.39 is 0 Å². The van der Waals surface area contributed by atoms with E-state index in [0.717, 1.165) is 27.3 Å². The van der Waals surface area contributed by atoms with Gasteiger partial charge in [-0.2, -0.15) is 0 Å². The highest BCUT2D eigenvalue weighted by Gasteiger charge is 2.19. The van der Waals surface area contributed by atoms with Crippen LogP contribution >= 0.6 is 22.7 Å². The number of nitrogens with zero attached hydrogens (tertiary/aromatic N) is 2. The molecule has 36 heavy (non-hydrogen) atoms. The number of aromatic nitrogens is 1. The van der Waals surface area contributed by atoms with Gasteiger partial charge in [0.15, 0.2) is 16.5 Å². The highest BCUT2D eigenvalue weighted by molar-refractivity contribution is 7.17. The topological polar surface area (TPSA) is 86.0 Å². The van der Waals surface area contributed by atoms with Crippen LogP contribution in [0.5, 0.6) is 11.5 Å². The monoisotopic (exact) mass is 517 g/mol. The van der Waals surface area contributed by atoms with Crippen LogP contribution in [0.1, 0.15) is 22.2 Å². The van der Waals surface area contributed by atoms with Gasteiger partial charge in [0, 0.05) is 10.3 Å². The zero-order valence-electron chi connectivity index (χ0n) is 19.9. The number of hydrogen-bond donors (Lipinski definition) is 1. The van der Waals surface area contributed by atoms with E-state index in [0.29, 0.717) is 27.9 Å². The van der Waals surface area contributed by atoms with E-state index in [1.807, 2.05) is 29.6 Å². The Morgan fingerprint density at radius 1 is 1.08 bits per heavy atom. The van der Waals surface area contributed by atoms with E-state index >= 15 is 0 Å². The molecule has 0 saturated heterocycles. The first-order chi connectivity index (χ1) is 17.6. The zero-order valence-corrected chi connectivity index (χ0v) is 21.5. The molecule has 0 spiro atoms. The number of hydrogen-bond acceptors (Lipinski definition) is 8. The Balaban J connectivity index is 1.59. The number of carbonyl (C=O) groups excluding carboxylic acids is 1. The van der Waals surface area contributed by atoms with Gasteiger partial charge >= 0.3 is 0 Å². The standard InChI is InChI=1S/C27H23N3O4S2/c1-4-21-23(22-9-6-14-35-22)29-27(36-21)30-25(31)19-15-16-7-5-8-20(33-3)24(16)34-26(19)28-17-10-12-18(32-2)13-11-17/h5-15H,4H2,1-3H3,(H,29,30,31). The number of benzene rings is 2. The number of para-hydroxylation sites is 1. The molecule has 0 aliphatic carbocycles. The van der Waals surface area contributed by atoms with Crippen molar-refractivity contribution in [3.8, 4) is 22.1 Å². The number of thiazole rings is 1. The smallest absolute Gasteiger partial charge is 0.262 e. The Kier molecular flexibility index (Phi) is 6.84. The van der Waals surface area contributed by atoms with Crippen LogP contribution in [0.4, 0.5) is 10.8 Å². The number of rotatable bonds is 7. The molecule has 0 aliphatic heterocycles. The van der Waals surface area contributed by atoms with Gasteiger partial charge in [-0.3, -0.25) is 10.1 Å². The van der Waals surface area contributed by atoms with Crippen molar-refractivity contribution in [3.63, 3.8) is 0 Å². The van der Waals surface area contributed by atoms with Gasteiger partial charge in [0.2, 0.25) is 5.55 Å². The Labute approximate surface area is 215 Å². The van der Waals surface area contributed by atoms with Crippen molar-refractivity contribution >= 4 is 50.4 Å². The molecule has 2 aromatic carbocycles. The first kappa shape index (κ1) is 23.8. The van der Waals surface area contributed by atoms with Crippen molar-refractivity contribution in [2.24, 2.45) is 4.99 Å². The fourth-order valence-corrected chi connectivity index (χ4v) is 5.44. The van der Waals surface area contributed by atoms with Crippen molar-refractivity contribution in [2.75, 3.05) is 19.5 Å². The number of amides is 1. The maximum atomic E-state index is 13.5. The van der Waals surface area contributed by atoms with Crippen molar-refractivity contribution in [3.05, 3.63) is 82.0 Å². The number of carbonyl (C=O) groups is 1. The van der Waals surface area contributed by atoms with E-state index in [1.165, 1.54) is 11.3 Å². The molecule has 0 unspecified atom stereocenters. The highest BCUT2D eigenvalue weighted by Crippen LogP contribution is 2.34. The maximum Gasteiger partial charge on any atom is 0.262 e. The van der Waals surface area contributed by atoms with Crippen LogP contribution in [-0.4, -0.2) is 25.1 Å². The third kappa shape index (κ3) is 4.75. The van der Waals surface area contributed by atoms with Gasteiger partial charge in [-0.15, -0.1) is 22.7 Å². The first-order valence-electron chi connectivity index (χ1n) is 11.2. The summed E-state index contributed by atoms with van der Waals surface area (Å²) in [5.74, 6) is 0.907. The Morgan fingerprint density at radius 3 is 2.61 bits per heavy atom. The third-order valence-electron chi connectivity index (χ3n) is 5.50. The molecule has 3 heterocycles. The van der Waals surface area contributed by atoms with E-state index in [-0.39, 0.29) is 17.0 Å². The summed E-state index contributed by atoms with van der Waals surface area (Å²) >= 11 is 3.10. The van der Waals surface area contributed by atoms with E-state index in [9.17, 15) is 4.79 Å². The Morgan fingerprint density at radius 2 is 1.92 bits per heavy atom. The fourth-order valence-electron chi connectivity index (χ4n) is 3.72. The molecular formula is C27H23N3O4S2. The molecule has 0 fully saturated rings. The number of anilines is 1. The Bertz CT molecular complexity index is 1590. The van der Waals surface area contributed by atoms with Gasteiger partial charge in [-0.1, -0.05) is 25.1 Å². The SMILES string of the molecule is CCc1sc(NC(=O)c2cc3cccc(OC)c3oc2=Nc2ccc(OC)cc2)nc1-c1cccs1. The zero-order chi connectivity index (χ0) is 25.1. The molecule has 0 radical (unpaired) electrons. The summed E-state index contributed by atoms with van der Waals surface area (Å²) in [6, 6.07) is 18.5. The molecule has 0 atom stereocenters. The molecule has 0 bridgehead atoms. The average molecular weight is 518 g/mol. The van der Waals surface area contributed by atoms with Crippen molar-refractivity contribution in [2.45, 2.75) is 13.3 Å². The second kappa shape index (κ2) is 10.3. The van der Waals surface area contributed by atoms with Crippen molar-refractivity contribution < 1.29 is 18.7 Å². The summed E-state index contributed by atoms with van der Waals surface area (Å²) < 4.78 is 16.8. The van der Waals surface area contributed by atoms with Crippen LogP contribution in [0.15, 0.2) is 75.5 Å². The molecule has 1 N–H and O–H groups in total. The minimum atomic E-state index is -0.357. The third-order valence-corrected chi connectivity index (χ3v) is 7.49. The Hall–Kier alpha value is -3.95. The number of fused-ring (bicyclic) bond motifs is 1. The largest absolute Gasteiger partial charge is 0.497 e. The lowest BCUT2D eigenvalue weighted by molar-refractivity contribution is 0.102. The molecule has 0 saturated carbocycles. The number of aryl methyl sites for hydroxylation is 1. The summed E-state index contributed by atoms with van der Waals surface area (Å²) in [5, 5.41) is 6.22. The molecule has 7 nitrogen and oxygen atoms in total. The fraction of sp³-hybridized carbons (Fsp3) is 0.148. The van der Waals surface area contributed by atoms with Crippen LogP contribution in [0, 0.1) is 0 Å². The summed E-state index contributed by atoms with van der Waals surface area (Å²) in [5.41, 5.74) is 2.48. The highest BCUT2D eigenvalue weighted by atomic mass is 32.1. The molecule has 5 rings (SSSR count). The molecule has 5 aromatic rings. The van der Waals surface area contributed by atoms with Gasteiger partial charge in [0.05, 0.1) is 30.5 Å². The summed E-state index contributed by atoms with van der Waals surface area (Å²) in [6.45, 7) is 2.08. The van der Waals surface area contributed by atoms with E-state index in [1.54, 1.807) is 62.0 Å². The minimum Gasteiger partial charge on any atom is -0.497 e. The second-order valence-corrected chi connectivity index (χ2v) is 9.76. The summed E-state index contributed by atoms with van der Waals surface area (Å²) in [6.07, 6.45) is 0.823. The summed E-state index contributed by atoms with van der Waals surface area (Å²) in [4.78, 5) is 25.0. The lowest BCUT2D eigenvalue weighted by Gasteiger charge is -2.08. The van der Waals surface area contributed by atoms with Gasteiger partial charge < -0.3 is 13.9 Å². The minimum absolute atomic E-state index is 0.167. The first-order valence-corrected chi connectivity index (χ1v) is 12.9. The predicted octanol–water partition coefficient (Wildman–Crippen LogP) is 6.68. The van der Waals surface area contributed by atoms with E-state index in [2.05, 4.69) is 17.2 Å². The predicted molar refractivity (Wildman–Crippen MR) is 144 cm³/mol. The summed E-state index contributed by atoms with van der Waals surface area (Å²) in [7, 11) is 3.18. The van der Waals surface area contributed by atoms with Gasteiger partial charge in [-0.25, -0.2) is 9.98 Å². The molecule has 3 aromatic heterocycles. The number of thiophene rings is 1. The number of ether oxygens (including phenoxy) is 2. The second-order valence-electron chi connectivity index (χ2n) is 7.73. The van der Waals surface area contributed by atoms with E-state index in [4.69, 9.17) is 18.9 Å². The van der Waals surface area contributed by atoms with Gasteiger partial charge in [-0.05, 0) is 54.3 Å². The van der Waals surface area contributed by atoms with Crippen LogP contribution in [0.25, 0.3) is 21.5 Å². The molecule has 0 aliphatic rings. The van der Waals surface area contributed by atoms with Crippen LogP contribution in [0.3, 0.4) is 0 Å². The lowest BCUT2D eigenvalue weighted by Crippen LogP contribution is -2.21. The number of nitrogens with one attached hydrogen (secondary N) is 1. The van der Waals surface area contributed by atoms with Gasteiger partial charge in [0.25, 0.3) is 5.91 Å². The van der Waals surface area contributed by atoms with Crippen LogP contribution in [0.2, 0.25) is 0 Å².